The van der Waals surface area contributed by atoms with E-state index in [2.05, 4.69) is 9.72 Å². The summed E-state index contributed by atoms with van der Waals surface area (Å²) in [6.45, 7) is 1.80. The minimum absolute atomic E-state index is 0.0416. The summed E-state index contributed by atoms with van der Waals surface area (Å²) in [5.74, 6) is -0.474. The number of rotatable bonds is 3. The number of aromatic nitrogens is 1. The first-order valence-corrected chi connectivity index (χ1v) is 4.53. The molecule has 82 valence electrons. The van der Waals surface area contributed by atoms with Crippen LogP contribution in [0, 0.1) is 6.92 Å². The van der Waals surface area contributed by atoms with Gasteiger partial charge in [-0.3, -0.25) is 9.78 Å². The van der Waals surface area contributed by atoms with Gasteiger partial charge in [0.25, 0.3) is 0 Å². The number of carbonyl (C=O) groups is 1. The zero-order valence-electron chi connectivity index (χ0n) is 8.73. The molecule has 1 rings (SSSR count). The third-order valence-electron chi connectivity index (χ3n) is 2.01. The number of ether oxygens (including phenoxy) is 1. The summed E-state index contributed by atoms with van der Waals surface area (Å²) < 4.78 is 4.48. The van der Waals surface area contributed by atoms with Crippen molar-refractivity contribution < 1.29 is 14.6 Å². The highest BCUT2D eigenvalue weighted by molar-refractivity contribution is 5.75. The second kappa shape index (κ2) is 4.75. The highest BCUT2D eigenvalue weighted by Crippen LogP contribution is 2.16. The van der Waals surface area contributed by atoms with Crippen LogP contribution in [-0.2, 0) is 16.0 Å². The van der Waals surface area contributed by atoms with Crippen molar-refractivity contribution in [1.82, 2.24) is 4.98 Å². The highest BCUT2D eigenvalue weighted by Gasteiger charge is 2.17. The lowest BCUT2D eigenvalue weighted by molar-refractivity contribution is -0.142. The van der Waals surface area contributed by atoms with Crippen LogP contribution in [-0.4, -0.2) is 29.2 Å². The van der Waals surface area contributed by atoms with Gasteiger partial charge in [0.05, 0.1) is 12.8 Å². The molecule has 5 heteroatoms. The van der Waals surface area contributed by atoms with Crippen LogP contribution in [0.1, 0.15) is 11.4 Å². The van der Waals surface area contributed by atoms with E-state index >= 15 is 0 Å². The zero-order valence-corrected chi connectivity index (χ0v) is 8.73. The molecular formula is C10H14N2O3. The summed E-state index contributed by atoms with van der Waals surface area (Å²) in [4.78, 5) is 15.1. The molecule has 1 aromatic heterocycles. The van der Waals surface area contributed by atoms with Gasteiger partial charge in [0, 0.05) is 12.1 Å². The third-order valence-corrected chi connectivity index (χ3v) is 2.01. The molecule has 0 saturated heterocycles. The Morgan fingerprint density at radius 3 is 2.93 bits per heavy atom. The fourth-order valence-corrected chi connectivity index (χ4v) is 1.20. The molecule has 5 nitrogen and oxygen atoms in total. The number of aryl methyl sites for hydroxylation is 1. The molecule has 0 amide bonds. The van der Waals surface area contributed by atoms with Gasteiger partial charge in [-0.15, -0.1) is 0 Å². The summed E-state index contributed by atoms with van der Waals surface area (Å²) in [6.07, 6.45) is 0.167. The van der Waals surface area contributed by atoms with E-state index in [0.717, 1.165) is 5.69 Å². The van der Waals surface area contributed by atoms with Crippen molar-refractivity contribution in [2.75, 3.05) is 7.11 Å². The Kier molecular flexibility index (Phi) is 3.62. The number of carbonyl (C=O) groups excluding carboxylic acids is 1. The first-order valence-electron chi connectivity index (χ1n) is 4.53. The van der Waals surface area contributed by atoms with Crippen LogP contribution in [0.15, 0.2) is 12.1 Å². The molecule has 0 bridgehead atoms. The van der Waals surface area contributed by atoms with E-state index in [4.69, 9.17) is 5.73 Å². The number of nitrogens with two attached hydrogens (primary N) is 1. The van der Waals surface area contributed by atoms with E-state index in [1.165, 1.54) is 13.2 Å². The van der Waals surface area contributed by atoms with E-state index in [1.54, 1.807) is 13.0 Å². The molecule has 0 spiro atoms. The Balaban J connectivity index is 2.80. The molecule has 0 aliphatic rings. The Hall–Kier alpha value is -1.62. The number of hydrogen-bond donors (Lipinski definition) is 2. The summed E-state index contributed by atoms with van der Waals surface area (Å²) in [6, 6.07) is 2.42. The lowest BCUT2D eigenvalue weighted by Crippen LogP contribution is -2.34. The fourth-order valence-electron chi connectivity index (χ4n) is 1.20. The summed E-state index contributed by atoms with van der Waals surface area (Å²) in [7, 11) is 1.27. The lowest BCUT2D eigenvalue weighted by atomic mass is 10.1. The van der Waals surface area contributed by atoms with Crippen LogP contribution in [0.25, 0.3) is 0 Å². The van der Waals surface area contributed by atoms with Crippen LogP contribution in [0.4, 0.5) is 0 Å². The van der Waals surface area contributed by atoms with Gasteiger partial charge in [-0.05, 0) is 19.1 Å². The van der Waals surface area contributed by atoms with Crippen molar-refractivity contribution in [3.05, 3.63) is 23.5 Å². The molecular weight excluding hydrogens is 196 g/mol. The van der Waals surface area contributed by atoms with Gasteiger partial charge in [-0.25, -0.2) is 0 Å². The SMILES string of the molecule is COC(=O)C(N)Cc1nc(C)ccc1O. The Bertz CT molecular complexity index is 366. The molecule has 0 radical (unpaired) electrons. The Morgan fingerprint density at radius 1 is 1.67 bits per heavy atom. The summed E-state index contributed by atoms with van der Waals surface area (Å²) in [5.41, 5.74) is 6.73. The first-order chi connectivity index (χ1) is 7.04. The minimum atomic E-state index is -0.796. The van der Waals surface area contributed by atoms with Gasteiger partial charge in [-0.2, -0.15) is 0 Å². The second-order valence-corrected chi connectivity index (χ2v) is 3.25. The quantitative estimate of drug-likeness (QED) is 0.693. The average molecular weight is 210 g/mol. The van der Waals surface area contributed by atoms with E-state index in [1.807, 2.05) is 0 Å². The number of hydrogen-bond acceptors (Lipinski definition) is 5. The van der Waals surface area contributed by atoms with Crippen molar-refractivity contribution >= 4 is 5.97 Å². The van der Waals surface area contributed by atoms with Gasteiger partial charge in [0.1, 0.15) is 11.8 Å². The monoisotopic (exact) mass is 210 g/mol. The third kappa shape index (κ3) is 2.92. The van der Waals surface area contributed by atoms with Crippen LogP contribution >= 0.6 is 0 Å². The van der Waals surface area contributed by atoms with E-state index in [9.17, 15) is 9.90 Å². The van der Waals surface area contributed by atoms with Crippen LogP contribution < -0.4 is 5.73 Å². The van der Waals surface area contributed by atoms with Gasteiger partial charge in [0.2, 0.25) is 0 Å². The predicted octanol–water partition coefficient (Wildman–Crippen LogP) is 0.138. The molecule has 0 saturated carbocycles. The van der Waals surface area contributed by atoms with Gasteiger partial charge in [0.15, 0.2) is 0 Å². The van der Waals surface area contributed by atoms with Crippen molar-refractivity contribution in [2.45, 2.75) is 19.4 Å². The molecule has 0 aromatic carbocycles. The zero-order chi connectivity index (χ0) is 11.4. The van der Waals surface area contributed by atoms with Crippen molar-refractivity contribution in [3.63, 3.8) is 0 Å². The average Bonchev–Trinajstić information content (AvgIpc) is 2.22. The number of nitrogens with zero attached hydrogens (tertiary/aromatic N) is 1. The predicted molar refractivity (Wildman–Crippen MR) is 54.3 cm³/mol. The van der Waals surface area contributed by atoms with Crippen molar-refractivity contribution in [2.24, 2.45) is 5.73 Å². The largest absolute Gasteiger partial charge is 0.506 e. The summed E-state index contributed by atoms with van der Waals surface area (Å²) >= 11 is 0. The molecule has 0 aliphatic heterocycles. The number of esters is 1. The topological polar surface area (TPSA) is 85.4 Å². The van der Waals surface area contributed by atoms with E-state index < -0.39 is 12.0 Å². The molecule has 1 unspecified atom stereocenters. The molecule has 1 aromatic rings. The molecule has 0 fully saturated rings. The molecule has 0 aliphatic carbocycles. The second-order valence-electron chi connectivity index (χ2n) is 3.25. The molecule has 15 heavy (non-hydrogen) atoms. The summed E-state index contributed by atoms with van der Waals surface area (Å²) in [5, 5.41) is 9.47. The Morgan fingerprint density at radius 2 is 2.33 bits per heavy atom. The Labute approximate surface area is 87.9 Å². The number of pyridine rings is 1. The normalized spacial score (nSPS) is 12.2. The maximum atomic E-state index is 11.1. The molecule has 1 heterocycles. The van der Waals surface area contributed by atoms with Crippen molar-refractivity contribution in [1.29, 1.82) is 0 Å². The van der Waals surface area contributed by atoms with Crippen molar-refractivity contribution in [3.8, 4) is 5.75 Å². The standard InChI is InChI=1S/C10H14N2O3/c1-6-3-4-9(13)8(12-6)5-7(11)10(14)15-2/h3-4,7,13H,5,11H2,1-2H3. The van der Waals surface area contributed by atoms with E-state index in [-0.39, 0.29) is 12.2 Å². The van der Waals surface area contributed by atoms with Gasteiger partial charge in [-0.1, -0.05) is 0 Å². The molecule has 1 atom stereocenters. The van der Waals surface area contributed by atoms with Crippen LogP contribution in [0.5, 0.6) is 5.75 Å². The smallest absolute Gasteiger partial charge is 0.323 e. The minimum Gasteiger partial charge on any atom is -0.506 e. The first kappa shape index (κ1) is 11.5. The lowest BCUT2D eigenvalue weighted by Gasteiger charge is -2.10. The maximum absolute atomic E-state index is 11.1. The number of aromatic hydroxyl groups is 1. The van der Waals surface area contributed by atoms with Gasteiger partial charge < -0.3 is 15.6 Å². The highest BCUT2D eigenvalue weighted by atomic mass is 16.5. The number of methoxy groups -OCH3 is 1. The van der Waals surface area contributed by atoms with Crippen LogP contribution in [0.3, 0.4) is 0 Å². The van der Waals surface area contributed by atoms with Gasteiger partial charge >= 0.3 is 5.97 Å². The fraction of sp³-hybridized carbons (Fsp3) is 0.400. The maximum Gasteiger partial charge on any atom is 0.323 e. The molecule has 3 N–H and O–H groups in total. The van der Waals surface area contributed by atoms with E-state index in [0.29, 0.717) is 5.69 Å². The van der Waals surface area contributed by atoms with Crippen LogP contribution in [0.2, 0.25) is 0 Å².